The third-order valence-corrected chi connectivity index (χ3v) is 14.3. The molecule has 18 heteroatoms. The maximum Gasteiger partial charge on any atom is 0.263 e. The number of rotatable bonds is 12. The number of aromatic nitrogens is 4. The normalized spacial score (nSPS) is 22.2. The van der Waals surface area contributed by atoms with Crippen molar-refractivity contribution in [2.75, 3.05) is 56.0 Å². The van der Waals surface area contributed by atoms with Crippen LogP contribution in [-0.2, 0) is 14.4 Å². The lowest BCUT2D eigenvalue weighted by atomic mass is 9.91. The number of aromatic hydroxyl groups is 1. The predicted octanol–water partition coefficient (Wildman–Crippen LogP) is 4.83. The molecule has 9 rings (SSSR count). The van der Waals surface area contributed by atoms with Crippen LogP contribution in [0, 0.1) is 12.8 Å². The van der Waals surface area contributed by atoms with Crippen LogP contribution in [-0.4, -0.2) is 139 Å². The Bertz CT molecular complexity index is 2530. The largest absolute Gasteiger partial charge is 0.507 e. The van der Waals surface area contributed by atoms with E-state index in [1.807, 2.05) is 80.6 Å². The van der Waals surface area contributed by atoms with E-state index in [4.69, 9.17) is 9.26 Å². The zero-order valence-electron chi connectivity index (χ0n) is 37.3. The molecule has 3 aromatic heterocycles. The van der Waals surface area contributed by atoms with Gasteiger partial charge in [0.25, 0.3) is 11.8 Å². The highest BCUT2D eigenvalue weighted by molar-refractivity contribution is 7.13. The number of anilines is 2. The number of carbonyl (C=O) groups excluding carboxylic acids is 3. The molecule has 4 aliphatic rings. The van der Waals surface area contributed by atoms with Gasteiger partial charge in [0.15, 0.2) is 17.7 Å². The number of aliphatic hydroxyl groups excluding tert-OH is 1. The SMILES string of the molecule is Cc1ncsc1-c1ccc(C(C)NC(=O)[C@@H]2C[C@@H](O)CN2C(=O)C(c2cc(OC(C)C(=O)N3CCC(N4CCN5c6cc(-c7ccccc7O)nnc6NC[C@H]5C4)C3)no2)C(C)C)cc1. The van der Waals surface area contributed by atoms with Gasteiger partial charge in [-0.2, -0.15) is 0 Å². The second-order valence-electron chi connectivity index (χ2n) is 18.0. The van der Waals surface area contributed by atoms with Crippen LogP contribution in [0.25, 0.3) is 21.7 Å². The number of β-amino-alcohol motifs (C(OH)–C–C–N with tert-alkyl or cyclic N) is 1. The number of para-hydroxylation sites is 1. The molecule has 17 nitrogen and oxygen atoms in total. The smallest absolute Gasteiger partial charge is 0.263 e. The number of thiazole rings is 1. The summed E-state index contributed by atoms with van der Waals surface area (Å²) in [5.74, 6) is -0.683. The van der Waals surface area contributed by atoms with E-state index in [1.54, 1.807) is 36.5 Å². The predicted molar refractivity (Wildman–Crippen MR) is 244 cm³/mol. The number of amides is 3. The maximum atomic E-state index is 14.3. The van der Waals surface area contributed by atoms with E-state index in [2.05, 4.69) is 40.8 Å². The molecule has 65 heavy (non-hydrogen) atoms. The van der Waals surface area contributed by atoms with Crippen molar-refractivity contribution in [2.45, 2.75) is 89.8 Å². The minimum Gasteiger partial charge on any atom is -0.507 e. The van der Waals surface area contributed by atoms with E-state index in [1.165, 1.54) is 4.90 Å². The molecule has 3 amide bonds. The van der Waals surface area contributed by atoms with Crippen LogP contribution in [0.15, 0.2) is 70.7 Å². The Morgan fingerprint density at radius 2 is 1.75 bits per heavy atom. The van der Waals surface area contributed by atoms with Gasteiger partial charge in [-0.05, 0) is 67.6 Å². The molecule has 342 valence electrons. The van der Waals surface area contributed by atoms with Gasteiger partial charge in [-0.15, -0.1) is 21.5 Å². The van der Waals surface area contributed by atoms with Gasteiger partial charge in [0, 0.05) is 69.9 Å². The van der Waals surface area contributed by atoms with Crippen LogP contribution < -0.4 is 20.3 Å². The standard InChI is InChI=1S/C47H56N10O7S/c1-26(2)42(47(62)57-24-34(58)18-38(57)45(60)50-27(3)30-10-12-31(13-11-30)43-28(4)49-25-65-43)40-20-41(53-64-40)63-29(5)46(61)55-15-14-32(22-55)54-16-17-56-33(23-54)21-48-44-37(56)19-36(51-52-44)35-8-6-7-9-39(35)59/h6-13,19-20,25-27,29,32-34,38,42,58-59H,14-18,21-24H2,1-5H3,(H,48,52)(H,50,60)/t27?,29?,32?,33-,34+,38-,42?/m0/s1. The van der Waals surface area contributed by atoms with Crippen LogP contribution in [0.5, 0.6) is 11.6 Å². The lowest BCUT2D eigenvalue weighted by molar-refractivity contribution is -0.141. The molecule has 3 fully saturated rings. The number of phenolic OH excluding ortho intramolecular Hbond substituents is 1. The van der Waals surface area contributed by atoms with Gasteiger partial charge >= 0.3 is 0 Å². The van der Waals surface area contributed by atoms with E-state index in [9.17, 15) is 24.6 Å². The van der Waals surface area contributed by atoms with E-state index >= 15 is 0 Å². The third-order valence-electron chi connectivity index (χ3n) is 13.3. The summed E-state index contributed by atoms with van der Waals surface area (Å²) in [6.07, 6.45) is -0.764. The fraction of sp³-hybridized carbons (Fsp3) is 0.468. The Kier molecular flexibility index (Phi) is 12.5. The molecule has 0 spiro atoms. The van der Waals surface area contributed by atoms with Crippen molar-refractivity contribution in [3.05, 3.63) is 83.2 Å². The van der Waals surface area contributed by atoms with E-state index in [0.29, 0.717) is 24.3 Å². The molecule has 4 N–H and O–H groups in total. The molecule has 4 aliphatic heterocycles. The average Bonchev–Trinajstić information content (AvgIpc) is 4.14. The number of carbonyl (C=O) groups is 3. The highest BCUT2D eigenvalue weighted by atomic mass is 32.1. The summed E-state index contributed by atoms with van der Waals surface area (Å²) in [6, 6.07) is 17.8. The van der Waals surface area contributed by atoms with Gasteiger partial charge in [0.05, 0.1) is 45.7 Å². The quantitative estimate of drug-likeness (QED) is 0.133. The Hall–Kier alpha value is -6.11. The Labute approximate surface area is 381 Å². The first kappa shape index (κ1) is 44.1. The van der Waals surface area contributed by atoms with E-state index < -0.39 is 24.2 Å². The van der Waals surface area contributed by atoms with Gasteiger partial charge in [-0.25, -0.2) is 4.98 Å². The summed E-state index contributed by atoms with van der Waals surface area (Å²) in [5, 5.41) is 40.6. The van der Waals surface area contributed by atoms with Crippen molar-refractivity contribution in [1.29, 1.82) is 0 Å². The van der Waals surface area contributed by atoms with Crippen molar-refractivity contribution in [1.82, 2.24) is 40.4 Å². The number of benzene rings is 2. The third kappa shape index (κ3) is 8.98. The minimum atomic E-state index is -0.875. The van der Waals surface area contributed by atoms with Crippen LogP contribution >= 0.6 is 11.3 Å². The number of aliphatic hydroxyl groups is 1. The molecular weight excluding hydrogens is 849 g/mol. The van der Waals surface area contributed by atoms with Crippen LogP contribution in [0.2, 0.25) is 0 Å². The topological polar surface area (TPSA) is 203 Å². The number of ether oxygens (including phenoxy) is 1. The fourth-order valence-electron chi connectivity index (χ4n) is 9.78. The van der Waals surface area contributed by atoms with Gasteiger partial charge in [0.2, 0.25) is 11.8 Å². The summed E-state index contributed by atoms with van der Waals surface area (Å²) in [4.78, 5) is 55.4. The van der Waals surface area contributed by atoms with E-state index in [0.717, 1.165) is 65.8 Å². The fourth-order valence-corrected chi connectivity index (χ4v) is 10.6. The average molecular weight is 905 g/mol. The molecule has 0 saturated carbocycles. The van der Waals surface area contributed by atoms with Crippen LogP contribution in [0.3, 0.4) is 0 Å². The van der Waals surface area contributed by atoms with Gasteiger partial charge in [0.1, 0.15) is 17.7 Å². The molecule has 3 saturated heterocycles. The summed E-state index contributed by atoms with van der Waals surface area (Å²) in [6.45, 7) is 13.7. The van der Waals surface area contributed by atoms with E-state index in [-0.39, 0.29) is 72.1 Å². The van der Waals surface area contributed by atoms with Gasteiger partial charge < -0.3 is 44.8 Å². The molecule has 0 radical (unpaired) electrons. The first-order valence-electron chi connectivity index (χ1n) is 22.4. The van der Waals surface area contributed by atoms with Crippen molar-refractivity contribution in [3.8, 4) is 33.3 Å². The number of hydrogen-bond acceptors (Lipinski definition) is 15. The second-order valence-corrected chi connectivity index (χ2v) is 18.8. The summed E-state index contributed by atoms with van der Waals surface area (Å²) in [7, 11) is 0. The second kappa shape index (κ2) is 18.4. The lowest BCUT2D eigenvalue weighted by Crippen LogP contribution is -2.60. The number of likely N-dealkylation sites (tertiary alicyclic amines) is 2. The van der Waals surface area contributed by atoms with Crippen molar-refractivity contribution < 1.29 is 33.9 Å². The minimum absolute atomic E-state index is 0.00930. The number of nitrogens with one attached hydrogen (secondary N) is 2. The van der Waals surface area contributed by atoms with Crippen LogP contribution in [0.1, 0.15) is 69.5 Å². The van der Waals surface area contributed by atoms with Crippen molar-refractivity contribution >= 4 is 40.6 Å². The zero-order chi connectivity index (χ0) is 45.5. The van der Waals surface area contributed by atoms with Crippen molar-refractivity contribution in [3.63, 3.8) is 0 Å². The number of fused-ring (bicyclic) bond motifs is 3. The highest BCUT2D eigenvalue weighted by Crippen LogP contribution is 2.38. The molecule has 4 unspecified atom stereocenters. The van der Waals surface area contributed by atoms with Crippen molar-refractivity contribution in [2.24, 2.45) is 5.92 Å². The summed E-state index contributed by atoms with van der Waals surface area (Å²) < 4.78 is 11.8. The molecular formula is C47H56N10O7S. The number of aryl methyl sites for hydroxylation is 1. The Balaban J connectivity index is 0.788. The first-order valence-corrected chi connectivity index (χ1v) is 23.3. The highest BCUT2D eigenvalue weighted by Gasteiger charge is 2.44. The Morgan fingerprint density at radius 1 is 0.954 bits per heavy atom. The monoisotopic (exact) mass is 904 g/mol. The van der Waals surface area contributed by atoms with Gasteiger partial charge in [-0.3, -0.25) is 19.3 Å². The van der Waals surface area contributed by atoms with Crippen LogP contribution in [0.4, 0.5) is 11.5 Å². The summed E-state index contributed by atoms with van der Waals surface area (Å²) >= 11 is 1.58. The number of piperazine rings is 1. The lowest BCUT2D eigenvalue weighted by Gasteiger charge is -2.47. The zero-order valence-corrected chi connectivity index (χ0v) is 38.1. The molecule has 5 aromatic rings. The molecule has 7 heterocycles. The van der Waals surface area contributed by atoms with Gasteiger partial charge in [-0.1, -0.05) is 50.2 Å². The first-order chi connectivity index (χ1) is 31.3. The molecule has 0 bridgehead atoms. The molecule has 2 aromatic carbocycles. The number of nitrogens with zero attached hydrogens (tertiary/aromatic N) is 8. The number of hydrogen-bond donors (Lipinski definition) is 4. The maximum absolute atomic E-state index is 14.3. The molecule has 7 atom stereocenters. The molecule has 0 aliphatic carbocycles. The Morgan fingerprint density at radius 3 is 2.51 bits per heavy atom. The number of phenols is 1. The summed E-state index contributed by atoms with van der Waals surface area (Å²) in [5.41, 5.74) is 6.98.